The van der Waals surface area contributed by atoms with E-state index in [2.05, 4.69) is 40.4 Å². The van der Waals surface area contributed by atoms with Crippen LogP contribution in [0.3, 0.4) is 0 Å². The number of likely N-dealkylation sites (N-methyl/N-ethyl adjacent to an activating group) is 1. The topological polar surface area (TPSA) is 74.5 Å². The molecule has 7 nitrogen and oxygen atoms in total. The van der Waals surface area contributed by atoms with Crippen LogP contribution >= 0.6 is 11.8 Å². The molecule has 3 heterocycles. The van der Waals surface area contributed by atoms with Crippen LogP contribution in [0.5, 0.6) is 0 Å². The average molecular weight is 500 g/mol. The first-order valence-electron chi connectivity index (χ1n) is 12.0. The van der Waals surface area contributed by atoms with Crippen molar-refractivity contribution in [3.8, 4) is 11.3 Å². The van der Waals surface area contributed by atoms with E-state index in [9.17, 15) is 4.79 Å². The second kappa shape index (κ2) is 11.4. The standard InChI is InChI=1S/C28H29N5O2S/c1-32-13-15-33(16-14-32)26-18-25(22-6-3-2-4-7-22)30-28(31-26)36-20-21-9-11-23(12-10-21)27(34)29-19-24-8-5-17-35-24/h2-12,17-18H,13-16,19-20H2,1H3,(H,29,34). The SMILES string of the molecule is CN1CCN(c2cc(-c3ccccc3)nc(SCc3ccc(C(=O)NCc4ccco4)cc3)n2)CC1. The Morgan fingerprint density at radius 1 is 0.972 bits per heavy atom. The molecule has 0 atom stereocenters. The quantitative estimate of drug-likeness (QED) is 0.278. The zero-order valence-electron chi connectivity index (χ0n) is 20.3. The number of hydrogen-bond donors (Lipinski definition) is 1. The first-order valence-corrected chi connectivity index (χ1v) is 13.0. The van der Waals surface area contributed by atoms with Crippen molar-refractivity contribution in [2.24, 2.45) is 0 Å². The van der Waals surface area contributed by atoms with Gasteiger partial charge < -0.3 is 19.5 Å². The third-order valence-corrected chi connectivity index (χ3v) is 7.09. The Hall–Kier alpha value is -3.62. The molecule has 1 amide bonds. The molecule has 5 rings (SSSR count). The molecular weight excluding hydrogens is 470 g/mol. The van der Waals surface area contributed by atoms with E-state index in [-0.39, 0.29) is 5.91 Å². The molecule has 1 N–H and O–H groups in total. The van der Waals surface area contributed by atoms with Crippen LogP contribution in [0.4, 0.5) is 5.82 Å². The molecule has 1 aliphatic heterocycles. The lowest BCUT2D eigenvalue weighted by Gasteiger charge is -2.33. The fraction of sp³-hybridized carbons (Fsp3) is 0.250. The molecule has 1 aliphatic rings. The minimum absolute atomic E-state index is 0.124. The Bertz CT molecular complexity index is 1270. The fourth-order valence-electron chi connectivity index (χ4n) is 4.01. The predicted octanol–water partition coefficient (Wildman–Crippen LogP) is 4.71. The lowest BCUT2D eigenvalue weighted by Crippen LogP contribution is -2.44. The highest BCUT2D eigenvalue weighted by Crippen LogP contribution is 2.28. The van der Waals surface area contributed by atoms with Gasteiger partial charge in [0.25, 0.3) is 5.91 Å². The van der Waals surface area contributed by atoms with Crippen molar-refractivity contribution in [1.29, 1.82) is 0 Å². The Morgan fingerprint density at radius 3 is 2.47 bits per heavy atom. The number of amides is 1. The molecule has 1 fully saturated rings. The van der Waals surface area contributed by atoms with Gasteiger partial charge in [0.05, 0.1) is 18.5 Å². The third kappa shape index (κ3) is 6.13. The monoisotopic (exact) mass is 499 g/mol. The Kier molecular flexibility index (Phi) is 7.64. The summed E-state index contributed by atoms with van der Waals surface area (Å²) >= 11 is 1.61. The van der Waals surface area contributed by atoms with Crippen LogP contribution < -0.4 is 10.2 Å². The van der Waals surface area contributed by atoms with Gasteiger partial charge in [0.2, 0.25) is 0 Å². The van der Waals surface area contributed by atoms with Crippen LogP contribution in [-0.2, 0) is 12.3 Å². The van der Waals surface area contributed by atoms with Crippen LogP contribution in [-0.4, -0.2) is 54.0 Å². The van der Waals surface area contributed by atoms with Crippen LogP contribution in [0, 0.1) is 0 Å². The van der Waals surface area contributed by atoms with Gasteiger partial charge in [-0.3, -0.25) is 4.79 Å². The number of nitrogens with zero attached hydrogens (tertiary/aromatic N) is 4. The molecule has 0 saturated carbocycles. The number of carbonyl (C=O) groups excluding carboxylic acids is 1. The number of carbonyl (C=O) groups is 1. The van der Waals surface area contributed by atoms with Gasteiger partial charge in [0, 0.05) is 49.1 Å². The summed E-state index contributed by atoms with van der Waals surface area (Å²) in [7, 11) is 2.15. The zero-order chi connectivity index (χ0) is 24.7. The van der Waals surface area contributed by atoms with Crippen LogP contribution in [0.25, 0.3) is 11.3 Å². The number of aromatic nitrogens is 2. The number of benzene rings is 2. The van der Waals surface area contributed by atoms with E-state index < -0.39 is 0 Å². The van der Waals surface area contributed by atoms with E-state index in [0.29, 0.717) is 17.9 Å². The lowest BCUT2D eigenvalue weighted by atomic mass is 10.1. The molecule has 2 aromatic carbocycles. The van der Waals surface area contributed by atoms with E-state index in [4.69, 9.17) is 14.4 Å². The number of furan rings is 1. The van der Waals surface area contributed by atoms with Crippen LogP contribution in [0.1, 0.15) is 21.7 Å². The smallest absolute Gasteiger partial charge is 0.251 e. The molecule has 0 spiro atoms. The number of piperazine rings is 1. The summed E-state index contributed by atoms with van der Waals surface area (Å²) in [5.74, 6) is 2.30. The Labute approximate surface area is 215 Å². The zero-order valence-corrected chi connectivity index (χ0v) is 21.1. The highest BCUT2D eigenvalue weighted by molar-refractivity contribution is 7.98. The maximum atomic E-state index is 12.4. The summed E-state index contributed by atoms with van der Waals surface area (Å²) in [6.07, 6.45) is 1.60. The van der Waals surface area contributed by atoms with Gasteiger partial charge in [-0.25, -0.2) is 9.97 Å². The van der Waals surface area contributed by atoms with Gasteiger partial charge in [-0.05, 0) is 36.9 Å². The molecular formula is C28H29N5O2S. The summed E-state index contributed by atoms with van der Waals surface area (Å²) in [6, 6.07) is 23.7. The molecule has 1 saturated heterocycles. The summed E-state index contributed by atoms with van der Waals surface area (Å²) in [5.41, 5.74) is 3.75. The number of thioether (sulfide) groups is 1. The van der Waals surface area contributed by atoms with Crippen molar-refractivity contribution in [2.45, 2.75) is 17.5 Å². The van der Waals surface area contributed by atoms with Crippen LogP contribution in [0.15, 0.2) is 88.6 Å². The van der Waals surface area contributed by atoms with Crippen LogP contribution in [0.2, 0.25) is 0 Å². The number of nitrogens with one attached hydrogen (secondary N) is 1. The van der Waals surface area contributed by atoms with Crippen molar-refractivity contribution in [3.05, 3.63) is 95.9 Å². The van der Waals surface area contributed by atoms with E-state index in [1.54, 1.807) is 24.1 Å². The lowest BCUT2D eigenvalue weighted by molar-refractivity contribution is 0.0948. The van der Waals surface area contributed by atoms with Crippen molar-refractivity contribution in [3.63, 3.8) is 0 Å². The minimum atomic E-state index is -0.124. The van der Waals surface area contributed by atoms with Gasteiger partial charge in [-0.2, -0.15) is 0 Å². The molecule has 8 heteroatoms. The fourth-order valence-corrected chi connectivity index (χ4v) is 4.82. The molecule has 36 heavy (non-hydrogen) atoms. The first-order chi connectivity index (χ1) is 17.6. The summed E-state index contributed by atoms with van der Waals surface area (Å²) in [4.78, 5) is 26.9. The normalized spacial score (nSPS) is 14.1. The molecule has 184 valence electrons. The van der Waals surface area contributed by atoms with E-state index in [0.717, 1.165) is 59.7 Å². The van der Waals surface area contributed by atoms with Gasteiger partial charge >= 0.3 is 0 Å². The van der Waals surface area contributed by atoms with E-state index in [1.165, 1.54) is 0 Å². The van der Waals surface area contributed by atoms with Crippen molar-refractivity contribution < 1.29 is 9.21 Å². The summed E-state index contributed by atoms with van der Waals surface area (Å²) < 4.78 is 5.27. The van der Waals surface area contributed by atoms with Gasteiger partial charge in [-0.15, -0.1) is 0 Å². The predicted molar refractivity (Wildman–Crippen MR) is 143 cm³/mol. The first kappa shape index (κ1) is 24.1. The second-order valence-corrected chi connectivity index (χ2v) is 9.74. The van der Waals surface area contributed by atoms with E-state index >= 15 is 0 Å². The Balaban J connectivity index is 1.27. The summed E-state index contributed by atoms with van der Waals surface area (Å²) in [5, 5.41) is 3.63. The van der Waals surface area contributed by atoms with Crippen molar-refractivity contribution >= 4 is 23.5 Å². The van der Waals surface area contributed by atoms with Gasteiger partial charge in [-0.1, -0.05) is 54.2 Å². The third-order valence-electron chi connectivity index (χ3n) is 6.18. The second-order valence-electron chi connectivity index (χ2n) is 8.80. The molecule has 4 aromatic rings. The molecule has 0 bridgehead atoms. The average Bonchev–Trinajstić information content (AvgIpc) is 3.45. The number of rotatable bonds is 8. The summed E-state index contributed by atoms with van der Waals surface area (Å²) in [6.45, 7) is 4.32. The number of anilines is 1. The highest BCUT2D eigenvalue weighted by Gasteiger charge is 2.18. The van der Waals surface area contributed by atoms with Gasteiger partial charge in [0.1, 0.15) is 11.6 Å². The minimum Gasteiger partial charge on any atom is -0.467 e. The van der Waals surface area contributed by atoms with Gasteiger partial charge in [0.15, 0.2) is 5.16 Å². The maximum absolute atomic E-state index is 12.4. The maximum Gasteiger partial charge on any atom is 0.251 e. The largest absolute Gasteiger partial charge is 0.467 e. The number of hydrogen-bond acceptors (Lipinski definition) is 7. The molecule has 0 aliphatic carbocycles. The molecule has 0 unspecified atom stereocenters. The van der Waals surface area contributed by atoms with Crippen molar-refractivity contribution in [2.75, 3.05) is 38.1 Å². The Morgan fingerprint density at radius 2 is 1.75 bits per heavy atom. The molecule has 2 aromatic heterocycles. The highest BCUT2D eigenvalue weighted by atomic mass is 32.2. The van der Waals surface area contributed by atoms with E-state index in [1.807, 2.05) is 48.5 Å². The van der Waals surface area contributed by atoms with Crippen molar-refractivity contribution in [1.82, 2.24) is 20.2 Å². The molecule has 0 radical (unpaired) electrons.